The fraction of sp³-hybridized carbons (Fsp3) is 0.533. The second kappa shape index (κ2) is 10.9. The third kappa shape index (κ3) is 10.6. The molecule has 0 aliphatic heterocycles. The van der Waals surface area contributed by atoms with Gasteiger partial charge in [-0.15, -0.1) is 4.28 Å². The summed E-state index contributed by atoms with van der Waals surface area (Å²) in [5.41, 5.74) is 8.64. The maximum Gasteiger partial charge on any atom is 0.285 e. The average Bonchev–Trinajstić information content (AvgIpc) is 2.58. The number of aryl methyl sites for hydroxylation is 1. The van der Waals surface area contributed by atoms with Crippen LogP contribution in [0.4, 0.5) is 0 Å². The van der Waals surface area contributed by atoms with Crippen LogP contribution < -0.4 is 16.0 Å². The topological polar surface area (TPSA) is 143 Å². The lowest BCUT2D eigenvalue weighted by molar-refractivity contribution is 0.0536. The van der Waals surface area contributed by atoms with Crippen molar-refractivity contribution in [3.05, 3.63) is 29.8 Å². The fourth-order valence-corrected chi connectivity index (χ4v) is 2.03. The van der Waals surface area contributed by atoms with E-state index < -0.39 is 16.2 Å². The Kier molecular flexibility index (Phi) is 9.21. The van der Waals surface area contributed by atoms with Crippen molar-refractivity contribution in [1.82, 2.24) is 5.48 Å². The molecule has 1 aromatic rings. The number of aliphatic hydroxyl groups is 2. The number of rotatable bonds is 11. The van der Waals surface area contributed by atoms with Gasteiger partial charge in [-0.2, -0.15) is 8.42 Å². The van der Waals surface area contributed by atoms with E-state index in [2.05, 4.69) is 14.8 Å². The molecule has 0 saturated carbocycles. The molecular weight excluding hydrogens is 350 g/mol. The molecular formula is C15H25N3O6S. The van der Waals surface area contributed by atoms with E-state index in [-0.39, 0.29) is 19.2 Å². The summed E-state index contributed by atoms with van der Waals surface area (Å²) in [6.07, 6.45) is 2.53. The van der Waals surface area contributed by atoms with Gasteiger partial charge in [0.1, 0.15) is 18.5 Å². The van der Waals surface area contributed by atoms with Gasteiger partial charge in [0.05, 0.1) is 12.9 Å². The number of aliphatic hydroxyl groups excluding tert-OH is 2. The lowest BCUT2D eigenvalue weighted by Crippen LogP contribution is -2.33. The van der Waals surface area contributed by atoms with Crippen LogP contribution in [0.2, 0.25) is 0 Å². The number of unbranched alkanes of at least 4 members (excludes halogenated alkanes) is 1. The van der Waals surface area contributed by atoms with Crippen molar-refractivity contribution in [3.8, 4) is 5.75 Å². The standard InChI is InChI=1S/C15H25N3O6S/c1-25(21,22)24-18-15(16)17-9-3-2-4-12-5-7-14(8-6-12)23-11-13(20)10-19/h5-8,13,19-20H,2-4,9-11H2,1H3,(H3,16,17,18). The number of hydrogen-bond acceptors (Lipinski definition) is 7. The quantitative estimate of drug-likeness (QED) is 0.176. The molecule has 0 amide bonds. The molecule has 10 heteroatoms. The van der Waals surface area contributed by atoms with E-state index in [1.807, 2.05) is 24.3 Å². The summed E-state index contributed by atoms with van der Waals surface area (Å²) >= 11 is 0. The summed E-state index contributed by atoms with van der Waals surface area (Å²) in [6.45, 7) is 0.166. The molecule has 1 aromatic carbocycles. The number of hydroxylamine groups is 1. The van der Waals surface area contributed by atoms with Gasteiger partial charge in [-0.3, -0.25) is 4.99 Å². The Labute approximate surface area is 147 Å². The zero-order valence-corrected chi connectivity index (χ0v) is 14.9. The Balaban J connectivity index is 2.23. The molecule has 0 aliphatic carbocycles. The van der Waals surface area contributed by atoms with Crippen LogP contribution in [0.3, 0.4) is 0 Å². The summed E-state index contributed by atoms with van der Waals surface area (Å²) in [6, 6.07) is 7.48. The summed E-state index contributed by atoms with van der Waals surface area (Å²) in [5.74, 6) is 0.544. The van der Waals surface area contributed by atoms with Crippen LogP contribution in [-0.4, -0.2) is 56.7 Å². The Morgan fingerprint density at radius 1 is 1.32 bits per heavy atom. The second-order valence-corrected chi connectivity index (χ2v) is 6.98. The highest BCUT2D eigenvalue weighted by Crippen LogP contribution is 2.14. The predicted molar refractivity (Wildman–Crippen MR) is 93.5 cm³/mol. The summed E-state index contributed by atoms with van der Waals surface area (Å²) < 4.78 is 31.1. The average molecular weight is 375 g/mol. The fourth-order valence-electron chi connectivity index (χ4n) is 1.79. The molecule has 0 fully saturated rings. The Bertz CT molecular complexity index is 633. The first-order valence-corrected chi connectivity index (χ1v) is 9.57. The van der Waals surface area contributed by atoms with Crippen LogP contribution in [0, 0.1) is 0 Å². The Morgan fingerprint density at radius 3 is 2.60 bits per heavy atom. The van der Waals surface area contributed by atoms with Crippen LogP contribution in [0.15, 0.2) is 29.3 Å². The zero-order chi connectivity index (χ0) is 18.7. The van der Waals surface area contributed by atoms with Crippen molar-refractivity contribution < 1.29 is 27.7 Å². The molecule has 25 heavy (non-hydrogen) atoms. The lowest BCUT2D eigenvalue weighted by atomic mass is 10.1. The van der Waals surface area contributed by atoms with Crippen LogP contribution in [0.1, 0.15) is 18.4 Å². The first kappa shape index (κ1) is 21.2. The van der Waals surface area contributed by atoms with Crippen molar-refractivity contribution in [2.45, 2.75) is 25.4 Å². The lowest BCUT2D eigenvalue weighted by Gasteiger charge is -2.10. The third-order valence-corrected chi connectivity index (χ3v) is 3.42. The molecule has 0 radical (unpaired) electrons. The maximum atomic E-state index is 10.8. The molecule has 0 spiro atoms. The van der Waals surface area contributed by atoms with Gasteiger partial charge >= 0.3 is 0 Å². The van der Waals surface area contributed by atoms with Crippen molar-refractivity contribution >= 4 is 16.1 Å². The van der Waals surface area contributed by atoms with Crippen LogP contribution >= 0.6 is 0 Å². The number of guanidine groups is 1. The molecule has 1 unspecified atom stereocenters. The molecule has 1 atom stereocenters. The van der Waals surface area contributed by atoms with E-state index in [0.29, 0.717) is 12.3 Å². The van der Waals surface area contributed by atoms with E-state index in [9.17, 15) is 13.5 Å². The number of nitrogens with one attached hydrogen (secondary N) is 1. The highest BCUT2D eigenvalue weighted by molar-refractivity contribution is 7.85. The second-order valence-electron chi connectivity index (χ2n) is 5.40. The predicted octanol–water partition coefficient (Wildman–Crippen LogP) is -0.463. The van der Waals surface area contributed by atoms with Crippen LogP contribution in [-0.2, 0) is 20.8 Å². The number of nitrogens with zero attached hydrogens (tertiary/aromatic N) is 1. The van der Waals surface area contributed by atoms with Crippen molar-refractivity contribution in [2.24, 2.45) is 10.7 Å². The number of ether oxygens (including phenoxy) is 1. The number of hydrogen-bond donors (Lipinski definition) is 4. The van der Waals surface area contributed by atoms with Gasteiger partial charge in [-0.1, -0.05) is 12.1 Å². The number of nitrogens with two attached hydrogens (primary N) is 1. The van der Waals surface area contributed by atoms with Gasteiger partial charge in [-0.05, 0) is 37.0 Å². The molecule has 1 rings (SSSR count). The van der Waals surface area contributed by atoms with E-state index in [4.69, 9.17) is 15.6 Å². The molecule has 0 heterocycles. The van der Waals surface area contributed by atoms with Crippen LogP contribution in [0.25, 0.3) is 0 Å². The largest absolute Gasteiger partial charge is 0.491 e. The first-order valence-electron chi connectivity index (χ1n) is 7.75. The molecule has 0 aliphatic rings. The first-order chi connectivity index (χ1) is 11.8. The Hall–Kier alpha value is -1.88. The molecule has 0 saturated heterocycles. The SMILES string of the molecule is CS(=O)(=O)ONC(N)=NCCCCc1ccc(OCC(O)CO)cc1. The normalized spacial score (nSPS) is 13.5. The van der Waals surface area contributed by atoms with E-state index >= 15 is 0 Å². The molecule has 5 N–H and O–H groups in total. The molecule has 142 valence electrons. The highest BCUT2D eigenvalue weighted by atomic mass is 32.2. The summed E-state index contributed by atoms with van der Waals surface area (Å²) in [5, 5.41) is 17.9. The van der Waals surface area contributed by atoms with Gasteiger partial charge in [0.25, 0.3) is 10.1 Å². The maximum absolute atomic E-state index is 10.8. The number of aliphatic imine (C=N–C) groups is 1. The minimum atomic E-state index is -3.61. The summed E-state index contributed by atoms with van der Waals surface area (Å²) in [4.78, 5) is 3.95. The molecule has 0 aromatic heterocycles. The zero-order valence-electron chi connectivity index (χ0n) is 14.1. The minimum Gasteiger partial charge on any atom is -0.491 e. The van der Waals surface area contributed by atoms with Crippen molar-refractivity contribution in [2.75, 3.05) is 26.0 Å². The minimum absolute atomic E-state index is 0.0480. The van der Waals surface area contributed by atoms with Crippen LogP contribution in [0.5, 0.6) is 5.75 Å². The third-order valence-electron chi connectivity index (χ3n) is 3.03. The van der Waals surface area contributed by atoms with Gasteiger partial charge in [0, 0.05) is 6.54 Å². The smallest absolute Gasteiger partial charge is 0.285 e. The van der Waals surface area contributed by atoms with Crippen molar-refractivity contribution in [1.29, 1.82) is 0 Å². The number of benzene rings is 1. The van der Waals surface area contributed by atoms with Gasteiger partial charge in [-0.25, -0.2) is 5.48 Å². The van der Waals surface area contributed by atoms with Gasteiger partial charge < -0.3 is 20.7 Å². The Morgan fingerprint density at radius 2 is 2.00 bits per heavy atom. The molecule has 0 bridgehead atoms. The van der Waals surface area contributed by atoms with Crippen molar-refractivity contribution in [3.63, 3.8) is 0 Å². The summed E-state index contributed by atoms with van der Waals surface area (Å²) in [7, 11) is -3.61. The highest BCUT2D eigenvalue weighted by Gasteiger charge is 2.03. The molecule has 9 nitrogen and oxygen atoms in total. The van der Waals surface area contributed by atoms with Gasteiger partial charge in [0.2, 0.25) is 5.96 Å². The monoisotopic (exact) mass is 375 g/mol. The van der Waals surface area contributed by atoms with E-state index in [1.54, 1.807) is 0 Å². The van der Waals surface area contributed by atoms with Gasteiger partial charge in [0.15, 0.2) is 0 Å². The van der Waals surface area contributed by atoms with E-state index in [1.165, 1.54) is 0 Å². The van der Waals surface area contributed by atoms with E-state index in [0.717, 1.165) is 31.1 Å².